The van der Waals surface area contributed by atoms with E-state index in [1.165, 1.54) is 26.2 Å². The number of amides is 2. The largest absolute Gasteiger partial charge is 0.480 e. The van der Waals surface area contributed by atoms with Crippen molar-refractivity contribution in [3.63, 3.8) is 0 Å². The Morgan fingerprint density at radius 3 is 2.61 bits per heavy atom. The van der Waals surface area contributed by atoms with Gasteiger partial charge in [0.25, 0.3) is 0 Å². The Morgan fingerprint density at radius 1 is 1.33 bits per heavy atom. The molecule has 6 heteroatoms. The van der Waals surface area contributed by atoms with Crippen LogP contribution in [0.1, 0.15) is 39.0 Å². The first-order valence-electron chi connectivity index (χ1n) is 6.48. The third-order valence-electron chi connectivity index (χ3n) is 3.01. The Labute approximate surface area is 107 Å². The number of urea groups is 1. The number of hydrogen-bond acceptors (Lipinski definition) is 3. The van der Waals surface area contributed by atoms with Gasteiger partial charge in [-0.3, -0.25) is 4.79 Å². The lowest BCUT2D eigenvalue weighted by Gasteiger charge is -2.22. The third kappa shape index (κ3) is 5.86. The van der Waals surface area contributed by atoms with Gasteiger partial charge in [0.2, 0.25) is 0 Å². The molecule has 1 fully saturated rings. The maximum Gasteiger partial charge on any atom is 0.325 e. The van der Waals surface area contributed by atoms with Crippen LogP contribution in [0.15, 0.2) is 0 Å². The topological polar surface area (TPSA) is 87.7 Å². The average Bonchev–Trinajstić information content (AvgIpc) is 2.35. The predicted octanol–water partition coefficient (Wildman–Crippen LogP) is 1.11. The maximum atomic E-state index is 11.3. The highest BCUT2D eigenvalue weighted by atomic mass is 16.5. The molecule has 6 nitrogen and oxygen atoms in total. The highest BCUT2D eigenvalue weighted by molar-refractivity contribution is 5.82. The summed E-state index contributed by atoms with van der Waals surface area (Å²) in [6, 6.07) is -1.36. The van der Waals surface area contributed by atoms with Gasteiger partial charge in [0.1, 0.15) is 6.04 Å². The highest BCUT2D eigenvalue weighted by Gasteiger charge is 2.14. The molecule has 18 heavy (non-hydrogen) atoms. The van der Waals surface area contributed by atoms with Crippen molar-refractivity contribution in [3.8, 4) is 0 Å². The maximum absolute atomic E-state index is 11.3. The molecule has 3 N–H and O–H groups in total. The fourth-order valence-electron chi connectivity index (χ4n) is 1.93. The number of aliphatic carboxylic acids is 1. The van der Waals surface area contributed by atoms with E-state index in [0.29, 0.717) is 19.3 Å². The molecule has 0 aromatic heterocycles. The third-order valence-corrected chi connectivity index (χ3v) is 3.01. The summed E-state index contributed by atoms with van der Waals surface area (Å²) in [5, 5.41) is 13.5. The molecule has 1 aliphatic rings. The highest BCUT2D eigenvalue weighted by Crippen LogP contribution is 2.19. The summed E-state index contributed by atoms with van der Waals surface area (Å²) in [6.07, 6.45) is 6.24. The van der Waals surface area contributed by atoms with Crippen molar-refractivity contribution in [2.24, 2.45) is 0 Å². The number of hydrogen-bond donors (Lipinski definition) is 3. The smallest absolute Gasteiger partial charge is 0.325 e. The molecule has 0 aromatic carbocycles. The lowest BCUT2D eigenvalue weighted by Crippen LogP contribution is -2.45. The molecule has 0 radical (unpaired) electrons. The molecule has 1 aliphatic carbocycles. The van der Waals surface area contributed by atoms with E-state index in [1.807, 2.05) is 0 Å². The van der Waals surface area contributed by atoms with Crippen LogP contribution < -0.4 is 10.6 Å². The Bertz CT molecular complexity index is 277. The first-order chi connectivity index (χ1) is 8.59. The molecule has 0 unspecified atom stereocenters. The van der Waals surface area contributed by atoms with E-state index in [4.69, 9.17) is 9.84 Å². The Morgan fingerprint density at radius 2 is 2.00 bits per heavy atom. The lowest BCUT2D eigenvalue weighted by molar-refractivity contribution is -0.138. The van der Waals surface area contributed by atoms with Crippen LogP contribution in [0, 0.1) is 0 Å². The SMILES string of the molecule is C[C@H](NC(=O)NCCOC1CCCCC1)C(=O)O. The fourth-order valence-corrected chi connectivity index (χ4v) is 1.93. The number of nitrogens with one attached hydrogen (secondary N) is 2. The van der Waals surface area contributed by atoms with Crippen molar-refractivity contribution in [3.05, 3.63) is 0 Å². The Balaban J connectivity index is 2.03. The van der Waals surface area contributed by atoms with Gasteiger partial charge in [-0.15, -0.1) is 0 Å². The number of carbonyl (C=O) groups excluding carboxylic acids is 1. The average molecular weight is 258 g/mol. The fraction of sp³-hybridized carbons (Fsp3) is 0.833. The molecule has 0 aliphatic heterocycles. The molecule has 0 spiro atoms. The van der Waals surface area contributed by atoms with Gasteiger partial charge in [-0.1, -0.05) is 19.3 Å². The van der Waals surface area contributed by atoms with E-state index in [1.54, 1.807) is 0 Å². The minimum Gasteiger partial charge on any atom is -0.480 e. The molecule has 0 aromatic rings. The van der Waals surface area contributed by atoms with Crippen LogP contribution in [0.25, 0.3) is 0 Å². The molecule has 1 atom stereocenters. The van der Waals surface area contributed by atoms with Crippen LogP contribution >= 0.6 is 0 Å². The number of rotatable bonds is 6. The molecule has 0 saturated heterocycles. The summed E-state index contributed by atoms with van der Waals surface area (Å²) in [4.78, 5) is 21.8. The van der Waals surface area contributed by atoms with Crippen LogP contribution in [-0.4, -0.2) is 42.4 Å². The predicted molar refractivity (Wildman–Crippen MR) is 66.5 cm³/mol. The standard InChI is InChI=1S/C12H22N2O4/c1-9(11(15)16)14-12(17)13-7-8-18-10-5-3-2-4-6-10/h9-10H,2-8H2,1H3,(H,15,16)(H2,13,14,17)/t9-/m0/s1. The van der Waals surface area contributed by atoms with E-state index in [0.717, 1.165) is 12.8 Å². The van der Waals surface area contributed by atoms with Gasteiger partial charge in [0.05, 0.1) is 12.7 Å². The van der Waals surface area contributed by atoms with E-state index >= 15 is 0 Å². The summed E-state index contributed by atoms with van der Waals surface area (Å²) in [7, 11) is 0. The molecule has 1 saturated carbocycles. The molecular weight excluding hydrogens is 236 g/mol. The van der Waals surface area contributed by atoms with E-state index in [2.05, 4.69) is 10.6 Å². The first kappa shape index (κ1) is 14.8. The molecule has 1 rings (SSSR count). The second-order valence-corrected chi connectivity index (χ2v) is 4.59. The van der Waals surface area contributed by atoms with Gasteiger partial charge in [0.15, 0.2) is 0 Å². The molecule has 104 valence electrons. The van der Waals surface area contributed by atoms with Crippen LogP contribution in [0.4, 0.5) is 4.79 Å². The van der Waals surface area contributed by atoms with Crippen LogP contribution in [0.5, 0.6) is 0 Å². The quantitative estimate of drug-likeness (QED) is 0.623. The molecular formula is C12H22N2O4. The normalized spacial score (nSPS) is 18.1. The van der Waals surface area contributed by atoms with E-state index < -0.39 is 18.0 Å². The van der Waals surface area contributed by atoms with Gasteiger partial charge in [-0.05, 0) is 19.8 Å². The zero-order valence-electron chi connectivity index (χ0n) is 10.8. The lowest BCUT2D eigenvalue weighted by atomic mass is 9.98. The van der Waals surface area contributed by atoms with Gasteiger partial charge in [-0.25, -0.2) is 4.79 Å². The summed E-state index contributed by atoms with van der Waals surface area (Å²) in [5.41, 5.74) is 0. The van der Waals surface area contributed by atoms with Crippen molar-refractivity contribution in [2.75, 3.05) is 13.2 Å². The zero-order chi connectivity index (χ0) is 13.4. The first-order valence-corrected chi connectivity index (χ1v) is 6.48. The number of carboxylic acid groups (broad SMARTS) is 1. The zero-order valence-corrected chi connectivity index (χ0v) is 10.8. The van der Waals surface area contributed by atoms with E-state index in [-0.39, 0.29) is 0 Å². The Hall–Kier alpha value is -1.30. The van der Waals surface area contributed by atoms with Crippen LogP contribution in [-0.2, 0) is 9.53 Å². The van der Waals surface area contributed by atoms with Crippen LogP contribution in [0.2, 0.25) is 0 Å². The summed E-state index contributed by atoms with van der Waals surface area (Å²) >= 11 is 0. The summed E-state index contributed by atoms with van der Waals surface area (Å²) in [6.45, 7) is 2.29. The Kier molecular flexibility index (Phi) is 6.49. The van der Waals surface area contributed by atoms with Crippen molar-refractivity contribution >= 4 is 12.0 Å². The van der Waals surface area contributed by atoms with Gasteiger partial charge >= 0.3 is 12.0 Å². The number of carboxylic acids is 1. The molecule has 2 amide bonds. The molecule has 0 heterocycles. The van der Waals surface area contributed by atoms with Gasteiger partial charge in [-0.2, -0.15) is 0 Å². The van der Waals surface area contributed by atoms with Crippen molar-refractivity contribution in [1.29, 1.82) is 0 Å². The van der Waals surface area contributed by atoms with Crippen LogP contribution in [0.3, 0.4) is 0 Å². The van der Waals surface area contributed by atoms with Gasteiger partial charge < -0.3 is 20.5 Å². The summed E-state index contributed by atoms with van der Waals surface area (Å²) < 4.78 is 5.63. The second-order valence-electron chi connectivity index (χ2n) is 4.59. The van der Waals surface area contributed by atoms with Crippen molar-refractivity contribution in [1.82, 2.24) is 10.6 Å². The number of carbonyl (C=O) groups is 2. The van der Waals surface area contributed by atoms with E-state index in [9.17, 15) is 9.59 Å². The second kappa shape index (κ2) is 7.92. The number of ether oxygens (including phenoxy) is 1. The summed E-state index contributed by atoms with van der Waals surface area (Å²) in [5.74, 6) is -1.05. The van der Waals surface area contributed by atoms with Crippen molar-refractivity contribution in [2.45, 2.75) is 51.2 Å². The van der Waals surface area contributed by atoms with Crippen molar-refractivity contribution < 1.29 is 19.4 Å². The minimum atomic E-state index is -1.05. The van der Waals surface area contributed by atoms with Gasteiger partial charge in [0, 0.05) is 6.54 Å². The molecule has 0 bridgehead atoms. The minimum absolute atomic E-state index is 0.321. The monoisotopic (exact) mass is 258 g/mol.